The summed E-state index contributed by atoms with van der Waals surface area (Å²) in [6, 6.07) is 4.65. The summed E-state index contributed by atoms with van der Waals surface area (Å²) in [6.45, 7) is 1.71. The largest absolute Gasteiger partial charge is 0.288 e. The van der Waals surface area contributed by atoms with E-state index in [1.165, 1.54) is 12.3 Å². The van der Waals surface area contributed by atoms with Gasteiger partial charge >= 0.3 is 0 Å². The molecule has 0 aromatic carbocycles. The van der Waals surface area contributed by atoms with E-state index >= 15 is 0 Å². The normalized spacial score (nSPS) is 10.1. The summed E-state index contributed by atoms with van der Waals surface area (Å²) in [4.78, 5) is 19.6. The molecule has 0 saturated heterocycles. The molecular weight excluding hydrogens is 207 g/mol. The molecule has 3 nitrogen and oxygen atoms in total. The van der Waals surface area contributed by atoms with Crippen LogP contribution in [0.2, 0.25) is 0 Å². The molecule has 2 heterocycles. The van der Waals surface area contributed by atoms with E-state index in [1.54, 1.807) is 25.3 Å². The van der Waals surface area contributed by atoms with E-state index in [9.17, 15) is 9.18 Å². The molecule has 16 heavy (non-hydrogen) atoms. The third kappa shape index (κ3) is 1.82. The number of hydrogen-bond donors (Lipinski definition) is 0. The lowest BCUT2D eigenvalue weighted by atomic mass is 10.0. The molecule has 0 atom stereocenters. The van der Waals surface area contributed by atoms with Gasteiger partial charge in [0, 0.05) is 23.7 Å². The maximum absolute atomic E-state index is 13.4. The molecule has 0 unspecified atom stereocenters. The first kappa shape index (κ1) is 10.4. The molecule has 0 aliphatic rings. The molecule has 0 N–H and O–H groups in total. The Labute approximate surface area is 92.0 Å². The Morgan fingerprint density at radius 2 is 2.06 bits per heavy atom. The summed E-state index contributed by atoms with van der Waals surface area (Å²) in [5, 5.41) is 0. The second kappa shape index (κ2) is 4.18. The van der Waals surface area contributed by atoms with Crippen molar-refractivity contribution in [2.75, 3.05) is 0 Å². The highest BCUT2D eigenvalue weighted by Crippen LogP contribution is 2.13. The molecule has 2 aromatic rings. The van der Waals surface area contributed by atoms with Crippen LogP contribution in [0.3, 0.4) is 0 Å². The third-order valence-electron chi connectivity index (χ3n) is 2.27. The fraction of sp³-hybridized carbons (Fsp3) is 0.0833. The second-order valence-electron chi connectivity index (χ2n) is 3.32. The fourth-order valence-electron chi connectivity index (χ4n) is 1.43. The van der Waals surface area contributed by atoms with Crippen LogP contribution in [0.15, 0.2) is 36.8 Å². The van der Waals surface area contributed by atoms with Crippen LogP contribution < -0.4 is 0 Å². The Morgan fingerprint density at radius 1 is 1.25 bits per heavy atom. The average Bonchev–Trinajstić information content (AvgIpc) is 2.29. The van der Waals surface area contributed by atoms with E-state index < -0.39 is 5.82 Å². The zero-order valence-electron chi connectivity index (χ0n) is 8.64. The van der Waals surface area contributed by atoms with Gasteiger partial charge in [-0.3, -0.25) is 14.8 Å². The number of aromatic nitrogens is 2. The molecule has 0 radical (unpaired) electrons. The number of hydrogen-bond acceptors (Lipinski definition) is 3. The van der Waals surface area contributed by atoms with Crippen LogP contribution in [-0.4, -0.2) is 15.8 Å². The lowest BCUT2D eigenvalue weighted by Crippen LogP contribution is -2.07. The Kier molecular flexibility index (Phi) is 2.72. The summed E-state index contributed by atoms with van der Waals surface area (Å²) in [7, 11) is 0. The lowest BCUT2D eigenvalue weighted by Gasteiger charge is -2.04. The van der Waals surface area contributed by atoms with Crippen LogP contribution in [0, 0.1) is 12.7 Å². The summed E-state index contributed by atoms with van der Waals surface area (Å²) in [6.07, 6.45) is 4.01. The number of carbonyl (C=O) groups is 1. The van der Waals surface area contributed by atoms with E-state index in [0.29, 0.717) is 11.3 Å². The highest BCUT2D eigenvalue weighted by Gasteiger charge is 2.15. The molecule has 4 heteroatoms. The smallest absolute Gasteiger partial charge is 0.197 e. The number of ketones is 1. The van der Waals surface area contributed by atoms with Gasteiger partial charge in [0.25, 0.3) is 0 Å². The summed E-state index contributed by atoms with van der Waals surface area (Å²) in [5.41, 5.74) is 1.02. The molecule has 0 aliphatic heterocycles. The van der Waals surface area contributed by atoms with Crippen molar-refractivity contribution in [3.63, 3.8) is 0 Å². The van der Waals surface area contributed by atoms with Crippen molar-refractivity contribution in [2.24, 2.45) is 0 Å². The van der Waals surface area contributed by atoms with Crippen LogP contribution in [0.5, 0.6) is 0 Å². The first-order valence-corrected chi connectivity index (χ1v) is 4.76. The Balaban J connectivity index is 2.48. The quantitative estimate of drug-likeness (QED) is 0.722. The number of aryl methyl sites for hydroxylation is 1. The fourth-order valence-corrected chi connectivity index (χ4v) is 1.43. The number of pyridine rings is 2. The van der Waals surface area contributed by atoms with Crippen LogP contribution in [0.4, 0.5) is 4.39 Å². The highest BCUT2D eigenvalue weighted by molar-refractivity contribution is 6.09. The monoisotopic (exact) mass is 216 g/mol. The van der Waals surface area contributed by atoms with Gasteiger partial charge in [0.1, 0.15) is 0 Å². The Hall–Kier alpha value is -2.10. The molecule has 0 amide bonds. The van der Waals surface area contributed by atoms with Crippen molar-refractivity contribution in [3.05, 3.63) is 59.4 Å². The summed E-state index contributed by atoms with van der Waals surface area (Å²) >= 11 is 0. The summed E-state index contributed by atoms with van der Waals surface area (Å²) < 4.78 is 13.4. The zero-order chi connectivity index (χ0) is 11.5. The molecule has 80 valence electrons. The van der Waals surface area contributed by atoms with Crippen molar-refractivity contribution >= 4 is 5.78 Å². The van der Waals surface area contributed by atoms with E-state index in [2.05, 4.69) is 9.97 Å². The van der Waals surface area contributed by atoms with Crippen molar-refractivity contribution in [3.8, 4) is 0 Å². The average molecular weight is 216 g/mol. The van der Waals surface area contributed by atoms with Gasteiger partial charge in [-0.15, -0.1) is 0 Å². The van der Waals surface area contributed by atoms with Gasteiger partial charge < -0.3 is 0 Å². The second-order valence-corrected chi connectivity index (χ2v) is 3.32. The van der Waals surface area contributed by atoms with Crippen LogP contribution in [0.25, 0.3) is 0 Å². The van der Waals surface area contributed by atoms with Crippen molar-refractivity contribution in [2.45, 2.75) is 6.92 Å². The van der Waals surface area contributed by atoms with Crippen molar-refractivity contribution < 1.29 is 9.18 Å². The van der Waals surface area contributed by atoms with E-state index in [-0.39, 0.29) is 11.3 Å². The van der Waals surface area contributed by atoms with Gasteiger partial charge in [-0.05, 0) is 25.1 Å². The minimum atomic E-state index is -0.615. The van der Waals surface area contributed by atoms with E-state index in [4.69, 9.17) is 0 Å². The van der Waals surface area contributed by atoms with Gasteiger partial charge in [0.2, 0.25) is 0 Å². The molecular formula is C12H9FN2O. The highest BCUT2D eigenvalue weighted by atomic mass is 19.1. The van der Waals surface area contributed by atoms with Gasteiger partial charge in [0.15, 0.2) is 11.6 Å². The molecule has 0 saturated carbocycles. The molecule has 0 aliphatic carbocycles. The number of carbonyl (C=O) groups excluding carboxylic acids is 1. The molecule has 0 bridgehead atoms. The van der Waals surface area contributed by atoms with Gasteiger partial charge in [-0.2, -0.15) is 0 Å². The number of nitrogens with zero attached hydrogens (tertiary/aromatic N) is 2. The summed E-state index contributed by atoms with van der Waals surface area (Å²) in [5.74, 6) is -0.985. The predicted octanol–water partition coefficient (Wildman–Crippen LogP) is 2.16. The number of rotatable bonds is 2. The Morgan fingerprint density at radius 3 is 2.75 bits per heavy atom. The molecule has 0 spiro atoms. The predicted molar refractivity (Wildman–Crippen MR) is 56.6 cm³/mol. The standard InChI is InChI=1S/C12H9FN2O/c1-8-9(3-2-5-15-8)12(16)10-4-6-14-7-11(10)13/h2-7H,1H3. The topological polar surface area (TPSA) is 42.9 Å². The van der Waals surface area contributed by atoms with Gasteiger partial charge in [-0.25, -0.2) is 4.39 Å². The SMILES string of the molecule is Cc1ncccc1C(=O)c1ccncc1F. The van der Waals surface area contributed by atoms with E-state index in [0.717, 1.165) is 6.20 Å². The van der Waals surface area contributed by atoms with E-state index in [1.807, 2.05) is 0 Å². The lowest BCUT2D eigenvalue weighted by molar-refractivity contribution is 0.103. The maximum atomic E-state index is 13.4. The maximum Gasteiger partial charge on any atom is 0.197 e. The zero-order valence-corrected chi connectivity index (χ0v) is 8.64. The van der Waals surface area contributed by atoms with Crippen LogP contribution >= 0.6 is 0 Å². The van der Waals surface area contributed by atoms with Crippen molar-refractivity contribution in [1.29, 1.82) is 0 Å². The first-order valence-electron chi connectivity index (χ1n) is 4.76. The molecule has 2 aromatic heterocycles. The minimum Gasteiger partial charge on any atom is -0.288 e. The first-order chi connectivity index (χ1) is 7.70. The Bertz CT molecular complexity index is 493. The molecule has 0 fully saturated rings. The van der Waals surface area contributed by atoms with Crippen LogP contribution in [0.1, 0.15) is 21.6 Å². The third-order valence-corrected chi connectivity index (χ3v) is 2.27. The van der Waals surface area contributed by atoms with Crippen LogP contribution in [-0.2, 0) is 0 Å². The van der Waals surface area contributed by atoms with Crippen molar-refractivity contribution in [1.82, 2.24) is 9.97 Å². The molecule has 2 rings (SSSR count). The van der Waals surface area contributed by atoms with Gasteiger partial charge in [0.05, 0.1) is 11.8 Å². The number of halogens is 1. The minimum absolute atomic E-state index is 0.0195. The van der Waals surface area contributed by atoms with Gasteiger partial charge in [-0.1, -0.05) is 0 Å².